The second-order valence-corrected chi connectivity index (χ2v) is 2.39. The summed E-state index contributed by atoms with van der Waals surface area (Å²) in [5, 5.41) is 0. The largest absolute Gasteiger partial charge is 0.504 e. The molecule has 0 radical (unpaired) electrons. The third kappa shape index (κ3) is 5.90. The number of rotatable bonds is 6. The minimum Gasteiger partial charge on any atom is -0.504 e. The topological polar surface area (TPSA) is 52.6 Å². The van der Waals surface area contributed by atoms with Crippen LogP contribution in [-0.2, 0) is 19.1 Å². The first-order valence-corrected chi connectivity index (χ1v) is 4.12. The molecule has 0 aromatic rings. The van der Waals surface area contributed by atoms with Gasteiger partial charge in [-0.05, 0) is 6.42 Å². The molecule has 0 aromatic heterocycles. The van der Waals surface area contributed by atoms with Crippen LogP contribution < -0.4 is 0 Å². The SMILES string of the molecule is CCCCOC(=O)C(=O)C=COC. The van der Waals surface area contributed by atoms with Crippen molar-refractivity contribution >= 4 is 11.8 Å². The molecule has 0 rings (SSSR count). The lowest BCUT2D eigenvalue weighted by atomic mass is 10.3. The zero-order chi connectivity index (χ0) is 10.1. The predicted molar refractivity (Wildman–Crippen MR) is 47.0 cm³/mol. The first-order chi connectivity index (χ1) is 6.22. The van der Waals surface area contributed by atoms with Crippen LogP contribution in [-0.4, -0.2) is 25.5 Å². The van der Waals surface area contributed by atoms with Gasteiger partial charge in [-0.1, -0.05) is 13.3 Å². The van der Waals surface area contributed by atoms with Crippen LogP contribution in [0, 0.1) is 0 Å². The molecule has 0 aliphatic rings. The number of hydrogen-bond acceptors (Lipinski definition) is 4. The van der Waals surface area contributed by atoms with Crippen LogP contribution in [0.4, 0.5) is 0 Å². The standard InChI is InChI=1S/C9H14O4/c1-3-4-6-13-9(11)8(10)5-7-12-2/h5,7H,3-4,6H2,1-2H3. The Bertz CT molecular complexity index is 196. The summed E-state index contributed by atoms with van der Waals surface area (Å²) < 4.78 is 9.13. The van der Waals surface area contributed by atoms with Crippen LogP contribution in [0.15, 0.2) is 12.3 Å². The molecule has 4 nitrogen and oxygen atoms in total. The fourth-order valence-electron chi connectivity index (χ4n) is 0.578. The molecule has 0 unspecified atom stereocenters. The highest BCUT2D eigenvalue weighted by atomic mass is 16.5. The van der Waals surface area contributed by atoms with Crippen LogP contribution in [0.1, 0.15) is 19.8 Å². The number of ketones is 1. The van der Waals surface area contributed by atoms with Gasteiger partial charge in [0.05, 0.1) is 20.0 Å². The quantitative estimate of drug-likeness (QED) is 0.204. The van der Waals surface area contributed by atoms with Crippen LogP contribution in [0.2, 0.25) is 0 Å². The zero-order valence-corrected chi connectivity index (χ0v) is 7.91. The van der Waals surface area contributed by atoms with Crippen molar-refractivity contribution in [2.45, 2.75) is 19.8 Å². The fraction of sp³-hybridized carbons (Fsp3) is 0.556. The maximum absolute atomic E-state index is 10.9. The summed E-state index contributed by atoms with van der Waals surface area (Å²) in [6.07, 6.45) is 3.88. The molecule has 0 fully saturated rings. The van der Waals surface area contributed by atoms with Crippen molar-refractivity contribution < 1.29 is 19.1 Å². The van der Waals surface area contributed by atoms with E-state index < -0.39 is 11.8 Å². The van der Waals surface area contributed by atoms with Gasteiger partial charge in [-0.15, -0.1) is 0 Å². The third-order valence-corrected chi connectivity index (χ3v) is 1.29. The van der Waals surface area contributed by atoms with E-state index in [4.69, 9.17) is 0 Å². The molecule has 0 N–H and O–H groups in total. The van der Waals surface area contributed by atoms with Gasteiger partial charge >= 0.3 is 5.97 Å². The van der Waals surface area contributed by atoms with Gasteiger partial charge in [-0.3, -0.25) is 4.79 Å². The summed E-state index contributed by atoms with van der Waals surface area (Å²) in [4.78, 5) is 21.7. The number of methoxy groups -OCH3 is 1. The molecule has 74 valence electrons. The van der Waals surface area contributed by atoms with Crippen LogP contribution in [0.5, 0.6) is 0 Å². The number of carbonyl (C=O) groups excluding carboxylic acids is 2. The molecule has 0 saturated carbocycles. The van der Waals surface area contributed by atoms with E-state index in [9.17, 15) is 9.59 Å². The molecular formula is C9H14O4. The van der Waals surface area contributed by atoms with E-state index >= 15 is 0 Å². The minimum absolute atomic E-state index is 0.294. The van der Waals surface area contributed by atoms with Gasteiger partial charge < -0.3 is 9.47 Å². The van der Waals surface area contributed by atoms with E-state index in [0.29, 0.717) is 6.61 Å². The lowest BCUT2D eigenvalue weighted by Crippen LogP contribution is -2.15. The lowest BCUT2D eigenvalue weighted by Gasteiger charge is -1.99. The third-order valence-electron chi connectivity index (χ3n) is 1.29. The van der Waals surface area contributed by atoms with Gasteiger partial charge in [-0.2, -0.15) is 0 Å². The Morgan fingerprint density at radius 1 is 1.38 bits per heavy atom. The fourth-order valence-corrected chi connectivity index (χ4v) is 0.578. The molecule has 0 heterocycles. The van der Waals surface area contributed by atoms with Gasteiger partial charge in [0.25, 0.3) is 5.78 Å². The summed E-state index contributed by atoms with van der Waals surface area (Å²) in [5.74, 6) is -1.53. The monoisotopic (exact) mass is 186 g/mol. The van der Waals surface area contributed by atoms with Crippen LogP contribution in [0.3, 0.4) is 0 Å². The van der Waals surface area contributed by atoms with Crippen LogP contribution >= 0.6 is 0 Å². The molecule has 0 spiro atoms. The summed E-state index contributed by atoms with van der Waals surface area (Å²) in [6, 6.07) is 0. The second kappa shape index (κ2) is 7.34. The molecule has 0 aromatic carbocycles. The lowest BCUT2D eigenvalue weighted by molar-refractivity contribution is -0.151. The van der Waals surface area contributed by atoms with Gasteiger partial charge in [0.15, 0.2) is 0 Å². The van der Waals surface area contributed by atoms with Gasteiger partial charge in [0.1, 0.15) is 0 Å². The maximum Gasteiger partial charge on any atom is 0.379 e. The van der Waals surface area contributed by atoms with Crippen molar-refractivity contribution in [2.75, 3.05) is 13.7 Å². The number of hydrogen-bond donors (Lipinski definition) is 0. The first kappa shape index (κ1) is 11.7. The van der Waals surface area contributed by atoms with E-state index in [-0.39, 0.29) is 0 Å². The smallest absolute Gasteiger partial charge is 0.379 e. The Hall–Kier alpha value is -1.32. The Morgan fingerprint density at radius 3 is 2.62 bits per heavy atom. The Labute approximate surface area is 77.5 Å². The molecule has 0 amide bonds. The molecule has 13 heavy (non-hydrogen) atoms. The Morgan fingerprint density at radius 2 is 2.08 bits per heavy atom. The number of carbonyl (C=O) groups is 2. The summed E-state index contributed by atoms with van der Waals surface area (Å²) in [5.41, 5.74) is 0. The first-order valence-electron chi connectivity index (χ1n) is 4.12. The van der Waals surface area contributed by atoms with Crippen molar-refractivity contribution in [2.24, 2.45) is 0 Å². The zero-order valence-electron chi connectivity index (χ0n) is 7.91. The Balaban J connectivity index is 3.70. The summed E-state index contributed by atoms with van der Waals surface area (Å²) in [6.45, 7) is 2.27. The molecule has 0 bridgehead atoms. The van der Waals surface area contributed by atoms with Gasteiger partial charge in [-0.25, -0.2) is 4.79 Å². The summed E-state index contributed by atoms with van der Waals surface area (Å²) in [7, 11) is 1.40. The highest BCUT2D eigenvalue weighted by Crippen LogP contribution is 1.90. The molecule has 0 saturated heterocycles. The predicted octanol–water partition coefficient (Wildman–Crippen LogP) is 1.06. The Kier molecular flexibility index (Phi) is 6.59. The van der Waals surface area contributed by atoms with Crippen molar-refractivity contribution in [3.63, 3.8) is 0 Å². The van der Waals surface area contributed by atoms with Crippen LogP contribution in [0.25, 0.3) is 0 Å². The van der Waals surface area contributed by atoms with Gasteiger partial charge in [0, 0.05) is 6.08 Å². The minimum atomic E-state index is -0.832. The van der Waals surface area contributed by atoms with Crippen molar-refractivity contribution in [3.05, 3.63) is 12.3 Å². The summed E-state index contributed by atoms with van der Waals surface area (Å²) >= 11 is 0. The molecule has 0 atom stereocenters. The van der Waals surface area contributed by atoms with E-state index in [1.54, 1.807) is 0 Å². The molecule has 4 heteroatoms. The number of ether oxygens (including phenoxy) is 2. The van der Waals surface area contributed by atoms with Gasteiger partial charge in [0.2, 0.25) is 0 Å². The van der Waals surface area contributed by atoms with Crippen molar-refractivity contribution in [3.8, 4) is 0 Å². The highest BCUT2D eigenvalue weighted by Gasteiger charge is 2.10. The van der Waals surface area contributed by atoms with Crippen molar-refractivity contribution in [1.82, 2.24) is 0 Å². The number of unbranched alkanes of at least 4 members (excludes halogenated alkanes) is 1. The molecular weight excluding hydrogens is 172 g/mol. The van der Waals surface area contributed by atoms with E-state index in [2.05, 4.69) is 9.47 Å². The van der Waals surface area contributed by atoms with E-state index in [0.717, 1.165) is 25.2 Å². The van der Waals surface area contributed by atoms with E-state index in [1.807, 2.05) is 6.92 Å². The maximum atomic E-state index is 10.9. The average Bonchev–Trinajstić information content (AvgIpc) is 2.14. The second-order valence-electron chi connectivity index (χ2n) is 2.39. The molecule has 0 aliphatic carbocycles. The molecule has 0 aliphatic heterocycles. The van der Waals surface area contributed by atoms with E-state index in [1.165, 1.54) is 7.11 Å². The number of esters is 1. The van der Waals surface area contributed by atoms with Crippen molar-refractivity contribution in [1.29, 1.82) is 0 Å². The average molecular weight is 186 g/mol. The normalized spacial score (nSPS) is 10.0. The highest BCUT2D eigenvalue weighted by molar-refractivity contribution is 6.38.